The molecule has 1 aromatic heterocycles. The first-order chi connectivity index (χ1) is 9.19. The summed E-state index contributed by atoms with van der Waals surface area (Å²) in [5.74, 6) is 0. The van der Waals surface area contributed by atoms with E-state index in [2.05, 4.69) is 31.4 Å². The molecule has 0 fully saturated rings. The Bertz CT molecular complexity index is 529. The van der Waals surface area contributed by atoms with Crippen LogP contribution in [0.1, 0.15) is 5.01 Å². The SMILES string of the molecule is COCCNCc1nnc(-c2cc(Cl)cc(Br)c2)s1. The maximum atomic E-state index is 6.03. The standard InChI is InChI=1S/C12H13BrClN3OS/c1-18-3-2-15-7-11-16-17-12(19-11)8-4-9(13)6-10(14)5-8/h4-6,15H,2-3,7H2,1H3. The lowest BCUT2D eigenvalue weighted by molar-refractivity contribution is 0.199. The Hall–Kier alpha value is -0.530. The van der Waals surface area contributed by atoms with Crippen molar-refractivity contribution in [2.24, 2.45) is 0 Å². The smallest absolute Gasteiger partial charge is 0.147 e. The molecular weight excluding hydrogens is 350 g/mol. The highest BCUT2D eigenvalue weighted by Gasteiger charge is 2.08. The van der Waals surface area contributed by atoms with E-state index in [1.54, 1.807) is 18.4 Å². The molecule has 0 aliphatic heterocycles. The molecule has 0 aliphatic rings. The van der Waals surface area contributed by atoms with Crippen molar-refractivity contribution in [3.63, 3.8) is 0 Å². The van der Waals surface area contributed by atoms with E-state index in [9.17, 15) is 0 Å². The first-order valence-corrected chi connectivity index (χ1v) is 7.66. The molecule has 1 aromatic carbocycles. The molecule has 1 N–H and O–H groups in total. The van der Waals surface area contributed by atoms with Gasteiger partial charge in [-0.2, -0.15) is 0 Å². The monoisotopic (exact) mass is 361 g/mol. The summed E-state index contributed by atoms with van der Waals surface area (Å²) in [5, 5.41) is 14.1. The van der Waals surface area contributed by atoms with Crippen LogP contribution in [-0.4, -0.2) is 30.5 Å². The molecule has 0 saturated heterocycles. The number of hydrogen-bond acceptors (Lipinski definition) is 5. The van der Waals surface area contributed by atoms with Gasteiger partial charge < -0.3 is 10.1 Å². The largest absolute Gasteiger partial charge is 0.383 e. The molecule has 0 bridgehead atoms. The van der Waals surface area contributed by atoms with E-state index in [1.165, 1.54) is 0 Å². The molecule has 0 saturated carbocycles. The predicted octanol–water partition coefficient (Wildman–Crippen LogP) is 3.36. The second kappa shape index (κ2) is 7.31. The van der Waals surface area contributed by atoms with Gasteiger partial charge in [0.2, 0.25) is 0 Å². The highest BCUT2D eigenvalue weighted by atomic mass is 79.9. The molecular formula is C12H13BrClN3OS. The average Bonchev–Trinajstić information content (AvgIpc) is 2.82. The molecule has 2 rings (SSSR count). The van der Waals surface area contributed by atoms with Gasteiger partial charge in [-0.15, -0.1) is 10.2 Å². The Balaban J connectivity index is 2.03. The Morgan fingerprint density at radius 3 is 2.95 bits per heavy atom. The van der Waals surface area contributed by atoms with Crippen LogP contribution >= 0.6 is 38.9 Å². The molecule has 7 heteroatoms. The van der Waals surface area contributed by atoms with Crippen LogP contribution in [0.5, 0.6) is 0 Å². The van der Waals surface area contributed by atoms with Crippen molar-refractivity contribution in [2.45, 2.75) is 6.54 Å². The summed E-state index contributed by atoms with van der Waals surface area (Å²) in [4.78, 5) is 0. The minimum absolute atomic E-state index is 0.680. The number of halogens is 2. The van der Waals surface area contributed by atoms with E-state index in [4.69, 9.17) is 16.3 Å². The van der Waals surface area contributed by atoms with Gasteiger partial charge in [0.1, 0.15) is 10.0 Å². The Morgan fingerprint density at radius 2 is 2.21 bits per heavy atom. The van der Waals surface area contributed by atoms with Crippen molar-refractivity contribution in [1.82, 2.24) is 15.5 Å². The lowest BCUT2D eigenvalue weighted by atomic mass is 10.2. The van der Waals surface area contributed by atoms with Crippen molar-refractivity contribution in [3.05, 3.63) is 32.7 Å². The molecule has 0 amide bonds. The molecule has 0 aliphatic carbocycles. The van der Waals surface area contributed by atoms with Crippen LogP contribution in [0.3, 0.4) is 0 Å². The minimum Gasteiger partial charge on any atom is -0.383 e. The topological polar surface area (TPSA) is 47.0 Å². The van der Waals surface area contributed by atoms with E-state index in [-0.39, 0.29) is 0 Å². The number of nitrogens with one attached hydrogen (secondary N) is 1. The zero-order valence-electron chi connectivity index (χ0n) is 10.3. The maximum Gasteiger partial charge on any atom is 0.147 e. The van der Waals surface area contributed by atoms with Crippen molar-refractivity contribution in [3.8, 4) is 10.6 Å². The Labute approximate surface area is 129 Å². The third-order valence-electron chi connectivity index (χ3n) is 2.34. The molecule has 4 nitrogen and oxygen atoms in total. The maximum absolute atomic E-state index is 6.03. The summed E-state index contributed by atoms with van der Waals surface area (Å²) in [6.45, 7) is 2.18. The number of rotatable bonds is 6. The van der Waals surface area contributed by atoms with Gasteiger partial charge in [-0.3, -0.25) is 0 Å². The van der Waals surface area contributed by atoms with Gasteiger partial charge in [-0.05, 0) is 18.2 Å². The van der Waals surface area contributed by atoms with Crippen LogP contribution in [0.25, 0.3) is 10.6 Å². The van der Waals surface area contributed by atoms with Crippen LogP contribution in [-0.2, 0) is 11.3 Å². The fraction of sp³-hybridized carbons (Fsp3) is 0.333. The van der Waals surface area contributed by atoms with Crippen LogP contribution in [0.15, 0.2) is 22.7 Å². The fourth-order valence-corrected chi connectivity index (χ4v) is 3.15. The minimum atomic E-state index is 0.680. The fourth-order valence-electron chi connectivity index (χ4n) is 1.49. The summed E-state index contributed by atoms with van der Waals surface area (Å²) >= 11 is 11.0. The highest BCUT2D eigenvalue weighted by molar-refractivity contribution is 9.10. The van der Waals surface area contributed by atoms with Crippen LogP contribution in [0.4, 0.5) is 0 Å². The Morgan fingerprint density at radius 1 is 1.37 bits per heavy atom. The number of nitrogens with zero attached hydrogens (tertiary/aromatic N) is 2. The van der Waals surface area contributed by atoms with Gasteiger partial charge >= 0.3 is 0 Å². The van der Waals surface area contributed by atoms with Crippen LogP contribution in [0, 0.1) is 0 Å². The van der Waals surface area contributed by atoms with E-state index in [0.29, 0.717) is 18.2 Å². The van der Waals surface area contributed by atoms with E-state index in [0.717, 1.165) is 26.6 Å². The van der Waals surface area contributed by atoms with E-state index in [1.807, 2.05) is 18.2 Å². The van der Waals surface area contributed by atoms with Crippen LogP contribution in [0.2, 0.25) is 5.02 Å². The van der Waals surface area contributed by atoms with Gasteiger partial charge in [-0.25, -0.2) is 0 Å². The molecule has 0 unspecified atom stereocenters. The third-order valence-corrected chi connectivity index (χ3v) is 3.98. The molecule has 0 atom stereocenters. The number of methoxy groups -OCH3 is 1. The van der Waals surface area contributed by atoms with E-state index < -0.39 is 0 Å². The molecule has 102 valence electrons. The first kappa shape index (κ1) is 14.9. The van der Waals surface area contributed by atoms with Crippen molar-refractivity contribution >= 4 is 38.9 Å². The van der Waals surface area contributed by atoms with Crippen molar-refractivity contribution in [1.29, 1.82) is 0 Å². The molecule has 0 radical (unpaired) electrons. The van der Waals surface area contributed by atoms with Gasteiger partial charge in [0.15, 0.2) is 0 Å². The summed E-state index contributed by atoms with van der Waals surface area (Å²) in [6.07, 6.45) is 0. The number of hydrogen-bond donors (Lipinski definition) is 1. The van der Waals surface area contributed by atoms with Crippen molar-refractivity contribution in [2.75, 3.05) is 20.3 Å². The Kier molecular flexibility index (Phi) is 5.72. The van der Waals surface area contributed by atoms with Gasteiger partial charge in [-0.1, -0.05) is 38.9 Å². The third kappa shape index (κ3) is 4.50. The second-order valence-electron chi connectivity index (χ2n) is 3.83. The van der Waals surface area contributed by atoms with Gasteiger partial charge in [0.05, 0.1) is 6.61 Å². The van der Waals surface area contributed by atoms with Gasteiger partial charge in [0.25, 0.3) is 0 Å². The number of benzene rings is 1. The van der Waals surface area contributed by atoms with Crippen LogP contribution < -0.4 is 5.32 Å². The average molecular weight is 363 g/mol. The van der Waals surface area contributed by atoms with E-state index >= 15 is 0 Å². The summed E-state index contributed by atoms with van der Waals surface area (Å²) in [5.41, 5.74) is 0.972. The summed E-state index contributed by atoms with van der Waals surface area (Å²) in [6, 6.07) is 5.71. The normalized spacial score (nSPS) is 10.9. The summed E-state index contributed by atoms with van der Waals surface area (Å²) in [7, 11) is 1.68. The zero-order chi connectivity index (χ0) is 13.7. The first-order valence-electron chi connectivity index (χ1n) is 5.67. The van der Waals surface area contributed by atoms with Gasteiger partial charge in [0, 0.05) is 35.3 Å². The predicted molar refractivity (Wildman–Crippen MR) is 81.6 cm³/mol. The van der Waals surface area contributed by atoms with Crippen molar-refractivity contribution < 1.29 is 4.74 Å². The molecule has 0 spiro atoms. The number of ether oxygens (including phenoxy) is 1. The zero-order valence-corrected chi connectivity index (χ0v) is 13.5. The molecule has 19 heavy (non-hydrogen) atoms. The molecule has 2 aromatic rings. The second-order valence-corrected chi connectivity index (χ2v) is 6.24. The lowest BCUT2D eigenvalue weighted by Crippen LogP contribution is -2.18. The summed E-state index contributed by atoms with van der Waals surface area (Å²) < 4.78 is 5.90. The molecule has 1 heterocycles. The quantitative estimate of drug-likeness (QED) is 0.801. The highest BCUT2D eigenvalue weighted by Crippen LogP contribution is 2.29. The number of aromatic nitrogens is 2. The lowest BCUT2D eigenvalue weighted by Gasteiger charge is -2.00.